The molecule has 1 fully saturated rings. The molecule has 5 rings (SSSR count). The highest BCUT2D eigenvalue weighted by atomic mass is 16.7. The summed E-state index contributed by atoms with van der Waals surface area (Å²) in [5.74, 6) is 0.998. The number of rotatable bonds is 3. The Morgan fingerprint density at radius 3 is 2.43 bits per heavy atom. The van der Waals surface area contributed by atoms with E-state index in [0.29, 0.717) is 23.0 Å². The Kier molecular flexibility index (Phi) is 3.87. The molecule has 2 aromatic rings. The van der Waals surface area contributed by atoms with Gasteiger partial charge in [-0.05, 0) is 41.0 Å². The number of methoxy groups -OCH3 is 2. The number of hydrogen-bond donors (Lipinski definition) is 1. The summed E-state index contributed by atoms with van der Waals surface area (Å²) in [5.41, 5.74) is 2.45. The van der Waals surface area contributed by atoms with Gasteiger partial charge in [0.05, 0.1) is 32.8 Å². The van der Waals surface area contributed by atoms with Crippen LogP contribution < -0.4 is 18.9 Å². The molecule has 0 bridgehead atoms. The Balaban J connectivity index is 1.72. The first-order chi connectivity index (χ1) is 13.6. The first-order valence-corrected chi connectivity index (χ1v) is 9.12. The van der Waals surface area contributed by atoms with E-state index >= 15 is 0 Å². The van der Waals surface area contributed by atoms with Crippen LogP contribution in [-0.2, 0) is 9.53 Å². The van der Waals surface area contributed by atoms with E-state index in [9.17, 15) is 9.90 Å². The van der Waals surface area contributed by atoms with E-state index in [4.69, 9.17) is 23.7 Å². The average molecular weight is 384 g/mol. The Morgan fingerprint density at radius 1 is 0.964 bits per heavy atom. The van der Waals surface area contributed by atoms with E-state index in [2.05, 4.69) is 0 Å². The molecule has 0 radical (unpaired) electrons. The van der Waals surface area contributed by atoms with Gasteiger partial charge in [-0.3, -0.25) is 4.79 Å². The third-order valence-electron chi connectivity index (χ3n) is 5.91. The van der Waals surface area contributed by atoms with Crippen molar-refractivity contribution >= 4 is 5.97 Å². The van der Waals surface area contributed by atoms with Crippen molar-refractivity contribution in [1.82, 2.24) is 0 Å². The van der Waals surface area contributed by atoms with E-state index in [1.54, 1.807) is 20.3 Å². The number of carbonyl (C=O) groups excluding carboxylic acids is 1. The minimum atomic E-state index is -0.823. The van der Waals surface area contributed by atoms with E-state index in [0.717, 1.165) is 16.7 Å². The topological polar surface area (TPSA) is 83.5 Å². The average Bonchev–Trinajstić information content (AvgIpc) is 3.34. The van der Waals surface area contributed by atoms with Crippen LogP contribution in [0, 0.1) is 11.8 Å². The van der Waals surface area contributed by atoms with Gasteiger partial charge in [-0.2, -0.15) is 0 Å². The summed E-state index contributed by atoms with van der Waals surface area (Å²) < 4.78 is 27.2. The van der Waals surface area contributed by atoms with Gasteiger partial charge in [-0.1, -0.05) is 6.07 Å². The Labute approximate surface area is 161 Å². The number of carbonyl (C=O) groups is 1. The van der Waals surface area contributed by atoms with Gasteiger partial charge in [-0.25, -0.2) is 0 Å². The van der Waals surface area contributed by atoms with E-state index in [-0.39, 0.29) is 31.2 Å². The molecule has 0 amide bonds. The summed E-state index contributed by atoms with van der Waals surface area (Å²) >= 11 is 0. The van der Waals surface area contributed by atoms with Gasteiger partial charge in [0.2, 0.25) is 6.79 Å². The lowest BCUT2D eigenvalue weighted by Gasteiger charge is -2.37. The minimum Gasteiger partial charge on any atom is -0.493 e. The molecule has 0 aromatic heterocycles. The fourth-order valence-electron chi connectivity index (χ4n) is 4.58. The number of hydrogen-bond acceptors (Lipinski definition) is 7. The molecule has 1 saturated heterocycles. The van der Waals surface area contributed by atoms with Crippen molar-refractivity contribution in [2.24, 2.45) is 11.8 Å². The van der Waals surface area contributed by atoms with Crippen LogP contribution in [0.4, 0.5) is 0 Å². The fourth-order valence-corrected chi connectivity index (χ4v) is 4.58. The van der Waals surface area contributed by atoms with Crippen LogP contribution >= 0.6 is 0 Å². The van der Waals surface area contributed by atoms with Crippen LogP contribution in [0.5, 0.6) is 23.0 Å². The van der Waals surface area contributed by atoms with Crippen LogP contribution in [0.25, 0.3) is 0 Å². The van der Waals surface area contributed by atoms with Gasteiger partial charge >= 0.3 is 5.97 Å². The highest BCUT2D eigenvalue weighted by Gasteiger charge is 2.52. The van der Waals surface area contributed by atoms with Crippen LogP contribution in [0.15, 0.2) is 30.3 Å². The summed E-state index contributed by atoms with van der Waals surface area (Å²) in [5, 5.41) is 11.0. The molecule has 146 valence electrons. The Morgan fingerprint density at radius 2 is 1.68 bits per heavy atom. The SMILES string of the molecule is COc1cc2c(cc1OC)[C@H](O)[C@H]1COC(=O)[C@@H]1[C@@H]2c1ccc2c(c1)OCO2. The van der Waals surface area contributed by atoms with E-state index in [1.165, 1.54) is 0 Å². The Hall–Kier alpha value is -2.93. The summed E-state index contributed by atoms with van der Waals surface area (Å²) in [6.07, 6.45) is -0.823. The zero-order valence-corrected chi connectivity index (χ0v) is 15.5. The second-order valence-corrected chi connectivity index (χ2v) is 7.19. The second kappa shape index (κ2) is 6.31. The van der Waals surface area contributed by atoms with Gasteiger partial charge in [-0.15, -0.1) is 0 Å². The number of aliphatic hydroxyl groups excluding tert-OH is 1. The molecule has 7 heteroatoms. The second-order valence-electron chi connectivity index (χ2n) is 7.19. The molecule has 4 atom stereocenters. The van der Waals surface area contributed by atoms with Crippen LogP contribution in [0.2, 0.25) is 0 Å². The lowest BCUT2D eigenvalue weighted by Crippen LogP contribution is -2.34. The van der Waals surface area contributed by atoms with Crippen molar-refractivity contribution in [3.05, 3.63) is 47.0 Å². The number of benzene rings is 2. The normalized spacial score (nSPS) is 27.0. The Bertz CT molecular complexity index is 954. The van der Waals surface area contributed by atoms with Crippen molar-refractivity contribution in [3.63, 3.8) is 0 Å². The van der Waals surface area contributed by atoms with Crippen molar-refractivity contribution in [2.45, 2.75) is 12.0 Å². The summed E-state index contributed by atoms with van der Waals surface area (Å²) in [7, 11) is 3.12. The van der Waals surface area contributed by atoms with Crippen molar-refractivity contribution in [1.29, 1.82) is 0 Å². The molecular weight excluding hydrogens is 364 g/mol. The molecule has 2 aliphatic heterocycles. The number of fused-ring (bicyclic) bond motifs is 3. The van der Waals surface area contributed by atoms with E-state index < -0.39 is 12.0 Å². The summed E-state index contributed by atoms with van der Waals surface area (Å²) in [4.78, 5) is 12.6. The van der Waals surface area contributed by atoms with Gasteiger partial charge in [0.15, 0.2) is 23.0 Å². The third-order valence-corrected chi connectivity index (χ3v) is 5.91. The number of ether oxygens (including phenoxy) is 5. The first-order valence-electron chi connectivity index (χ1n) is 9.12. The molecule has 0 saturated carbocycles. The molecule has 3 aliphatic rings. The largest absolute Gasteiger partial charge is 0.493 e. The molecule has 28 heavy (non-hydrogen) atoms. The predicted octanol–water partition coefficient (Wildman–Crippen LogP) is 2.40. The lowest BCUT2D eigenvalue weighted by molar-refractivity contribution is -0.141. The molecule has 7 nitrogen and oxygen atoms in total. The van der Waals surface area contributed by atoms with Gasteiger partial charge in [0, 0.05) is 11.8 Å². The molecule has 1 aliphatic carbocycles. The quantitative estimate of drug-likeness (QED) is 0.814. The molecular formula is C21H20O7. The van der Waals surface area contributed by atoms with Crippen molar-refractivity contribution < 1.29 is 33.6 Å². The maximum atomic E-state index is 12.6. The molecule has 2 heterocycles. The highest BCUT2D eigenvalue weighted by Crippen LogP contribution is 2.54. The maximum Gasteiger partial charge on any atom is 0.310 e. The van der Waals surface area contributed by atoms with Gasteiger partial charge < -0.3 is 28.8 Å². The minimum absolute atomic E-state index is 0.178. The lowest BCUT2D eigenvalue weighted by atomic mass is 9.66. The smallest absolute Gasteiger partial charge is 0.310 e. The predicted molar refractivity (Wildman–Crippen MR) is 96.9 cm³/mol. The summed E-state index contributed by atoms with van der Waals surface area (Å²) in [6, 6.07) is 9.30. The molecule has 0 unspecified atom stereocenters. The van der Waals surface area contributed by atoms with Gasteiger partial charge in [0.1, 0.15) is 0 Å². The zero-order chi connectivity index (χ0) is 19.4. The van der Waals surface area contributed by atoms with Gasteiger partial charge in [0.25, 0.3) is 0 Å². The standard InChI is InChI=1S/C21H20O7/c1-24-15-6-11-12(7-16(15)25-2)20(22)13-8-26-21(23)19(13)18(11)10-3-4-14-17(5-10)28-9-27-14/h3-7,13,18-20,22H,8-9H2,1-2H3/t13-,18+,19-,20-/m0/s1. The monoisotopic (exact) mass is 384 g/mol. The van der Waals surface area contributed by atoms with Crippen LogP contribution in [0.3, 0.4) is 0 Å². The van der Waals surface area contributed by atoms with Crippen molar-refractivity contribution in [2.75, 3.05) is 27.6 Å². The van der Waals surface area contributed by atoms with Crippen LogP contribution in [-0.4, -0.2) is 38.7 Å². The van der Waals surface area contributed by atoms with Crippen LogP contribution in [0.1, 0.15) is 28.7 Å². The van der Waals surface area contributed by atoms with E-state index in [1.807, 2.05) is 24.3 Å². The number of cyclic esters (lactones) is 1. The zero-order valence-electron chi connectivity index (χ0n) is 15.5. The number of esters is 1. The van der Waals surface area contributed by atoms with Crippen molar-refractivity contribution in [3.8, 4) is 23.0 Å². The third kappa shape index (κ3) is 2.36. The molecule has 1 N–H and O–H groups in total. The highest BCUT2D eigenvalue weighted by molar-refractivity contribution is 5.78. The molecule has 0 spiro atoms. The fraction of sp³-hybridized carbons (Fsp3) is 0.381. The summed E-state index contributed by atoms with van der Waals surface area (Å²) in [6.45, 7) is 0.372. The molecule has 2 aromatic carbocycles. The number of aliphatic hydroxyl groups is 1. The maximum absolute atomic E-state index is 12.6. The first kappa shape index (κ1) is 17.2.